The molecule has 1 fully saturated rings. The van der Waals surface area contributed by atoms with Crippen LogP contribution in [-0.4, -0.2) is 56.1 Å². The zero-order valence-electron chi connectivity index (χ0n) is 14.9. The number of nitrogens with zero attached hydrogens (tertiary/aromatic N) is 8. The molecule has 136 valence electrons. The minimum Gasteiger partial charge on any atom is -0.352 e. The average Bonchev–Trinajstić information content (AvgIpc) is 3.36. The average molecular weight is 362 g/mol. The van der Waals surface area contributed by atoms with Crippen molar-refractivity contribution in [2.45, 2.75) is 6.92 Å². The molecule has 1 aromatic carbocycles. The van der Waals surface area contributed by atoms with Crippen LogP contribution in [0.4, 0.5) is 11.8 Å². The van der Waals surface area contributed by atoms with Crippen molar-refractivity contribution >= 4 is 17.4 Å². The molecule has 0 atom stereocenters. The minimum absolute atomic E-state index is 0.545. The monoisotopic (exact) mass is 362 g/mol. The molecule has 0 bridgehead atoms. The van der Waals surface area contributed by atoms with Gasteiger partial charge in [-0.05, 0) is 36.3 Å². The van der Waals surface area contributed by atoms with E-state index in [0.29, 0.717) is 11.8 Å². The van der Waals surface area contributed by atoms with E-state index in [-0.39, 0.29) is 0 Å². The van der Waals surface area contributed by atoms with E-state index < -0.39 is 0 Å². The topological polar surface area (TPSA) is 88.5 Å². The Morgan fingerprint density at radius 1 is 0.889 bits per heavy atom. The van der Waals surface area contributed by atoms with Gasteiger partial charge in [0, 0.05) is 31.7 Å². The van der Waals surface area contributed by atoms with E-state index in [9.17, 15) is 0 Å². The van der Waals surface area contributed by atoms with E-state index in [1.807, 2.05) is 49.4 Å². The number of aromatic nitrogens is 6. The number of rotatable bonds is 3. The molecule has 3 aromatic heterocycles. The van der Waals surface area contributed by atoms with Crippen molar-refractivity contribution in [3.63, 3.8) is 0 Å². The van der Waals surface area contributed by atoms with Gasteiger partial charge in [0.25, 0.3) is 11.8 Å². The van der Waals surface area contributed by atoms with Crippen LogP contribution in [0.1, 0.15) is 5.82 Å². The largest absolute Gasteiger partial charge is 0.352 e. The lowest BCUT2D eigenvalue weighted by Gasteiger charge is -2.34. The van der Waals surface area contributed by atoms with Crippen LogP contribution in [0.3, 0.4) is 0 Å². The smallest absolute Gasteiger partial charge is 0.266 e. The van der Waals surface area contributed by atoms with E-state index in [2.05, 4.69) is 35.2 Å². The zero-order chi connectivity index (χ0) is 18.2. The second-order valence-corrected chi connectivity index (χ2v) is 6.45. The van der Waals surface area contributed by atoms with Crippen LogP contribution in [-0.2, 0) is 0 Å². The Kier molecular flexibility index (Phi) is 3.70. The molecule has 4 aromatic rings. The van der Waals surface area contributed by atoms with Gasteiger partial charge in [-0.3, -0.25) is 0 Å². The molecule has 0 spiro atoms. The van der Waals surface area contributed by atoms with E-state index in [1.54, 1.807) is 4.52 Å². The van der Waals surface area contributed by atoms with Gasteiger partial charge in [-0.1, -0.05) is 18.2 Å². The van der Waals surface area contributed by atoms with Crippen LogP contribution in [0, 0.1) is 6.92 Å². The van der Waals surface area contributed by atoms with Crippen molar-refractivity contribution in [2.75, 3.05) is 36.0 Å². The quantitative estimate of drug-likeness (QED) is 0.545. The molecular formula is C18H18N8O. The highest BCUT2D eigenvalue weighted by molar-refractivity contribution is 5.54. The van der Waals surface area contributed by atoms with E-state index >= 15 is 0 Å². The van der Waals surface area contributed by atoms with Gasteiger partial charge in [-0.2, -0.15) is 9.50 Å². The molecular weight excluding hydrogens is 344 g/mol. The predicted octanol–water partition coefficient (Wildman–Crippen LogP) is 1.81. The second kappa shape index (κ2) is 6.35. The van der Waals surface area contributed by atoms with Gasteiger partial charge in [0.15, 0.2) is 11.5 Å². The lowest BCUT2D eigenvalue weighted by Crippen LogP contribution is -2.47. The van der Waals surface area contributed by atoms with E-state index in [0.717, 1.165) is 49.0 Å². The first-order valence-electron chi connectivity index (χ1n) is 8.86. The Morgan fingerprint density at radius 3 is 2.48 bits per heavy atom. The first-order valence-corrected chi connectivity index (χ1v) is 8.86. The highest BCUT2D eigenvalue weighted by Gasteiger charge is 2.22. The highest BCUT2D eigenvalue weighted by atomic mass is 16.5. The minimum atomic E-state index is 0.545. The van der Waals surface area contributed by atoms with E-state index in [1.165, 1.54) is 0 Å². The molecule has 9 heteroatoms. The summed E-state index contributed by atoms with van der Waals surface area (Å²) >= 11 is 0. The summed E-state index contributed by atoms with van der Waals surface area (Å²) in [6.45, 7) is 5.16. The zero-order valence-corrected chi connectivity index (χ0v) is 14.9. The first kappa shape index (κ1) is 15.7. The number of hydrogen-bond acceptors (Lipinski definition) is 8. The van der Waals surface area contributed by atoms with Crippen molar-refractivity contribution in [3.05, 3.63) is 48.3 Å². The highest BCUT2D eigenvalue weighted by Crippen LogP contribution is 2.22. The first-order chi connectivity index (χ1) is 13.3. The molecule has 1 aliphatic heterocycles. The lowest BCUT2D eigenvalue weighted by molar-refractivity contribution is 0.428. The van der Waals surface area contributed by atoms with Gasteiger partial charge >= 0.3 is 0 Å². The van der Waals surface area contributed by atoms with Crippen molar-refractivity contribution < 1.29 is 4.52 Å². The predicted molar refractivity (Wildman–Crippen MR) is 99.7 cm³/mol. The van der Waals surface area contributed by atoms with E-state index in [4.69, 9.17) is 4.52 Å². The Balaban J connectivity index is 1.30. The SMILES string of the molecule is Cc1nnc2ccc(N3CCN(c4noc(-c5ccccc5)n4)CC3)nn12. The van der Waals surface area contributed by atoms with Crippen molar-refractivity contribution in [1.29, 1.82) is 0 Å². The van der Waals surface area contributed by atoms with Gasteiger partial charge in [-0.25, -0.2) is 0 Å². The number of piperazine rings is 1. The van der Waals surface area contributed by atoms with Crippen LogP contribution in [0.25, 0.3) is 17.1 Å². The summed E-state index contributed by atoms with van der Waals surface area (Å²) < 4.78 is 7.19. The molecule has 0 N–H and O–H groups in total. The number of aryl methyl sites for hydroxylation is 1. The summed E-state index contributed by atoms with van der Waals surface area (Å²) in [6, 6.07) is 13.7. The molecule has 4 heterocycles. The van der Waals surface area contributed by atoms with Crippen molar-refractivity contribution in [2.24, 2.45) is 0 Å². The van der Waals surface area contributed by atoms with Gasteiger partial charge in [0.2, 0.25) is 0 Å². The summed E-state index contributed by atoms with van der Waals surface area (Å²) in [7, 11) is 0. The van der Waals surface area contributed by atoms with Crippen molar-refractivity contribution in [3.8, 4) is 11.5 Å². The van der Waals surface area contributed by atoms with Crippen LogP contribution >= 0.6 is 0 Å². The molecule has 1 saturated heterocycles. The van der Waals surface area contributed by atoms with Crippen molar-refractivity contribution in [1.82, 2.24) is 30.0 Å². The standard InChI is InChI=1S/C18H18N8O/c1-13-20-21-15-7-8-16(22-26(13)15)24-9-11-25(12-10-24)18-19-17(27-23-18)14-5-3-2-4-6-14/h2-8H,9-12H2,1H3. The van der Waals surface area contributed by atoms with Crippen LogP contribution in [0.2, 0.25) is 0 Å². The molecule has 0 amide bonds. The third-order valence-electron chi connectivity index (χ3n) is 4.73. The number of fused-ring (bicyclic) bond motifs is 1. The van der Waals surface area contributed by atoms with Crippen LogP contribution < -0.4 is 9.80 Å². The van der Waals surface area contributed by atoms with Gasteiger partial charge in [0.05, 0.1) is 0 Å². The summed E-state index contributed by atoms with van der Waals surface area (Å²) in [5, 5.41) is 16.9. The molecule has 5 rings (SSSR count). The van der Waals surface area contributed by atoms with Crippen LogP contribution in [0.5, 0.6) is 0 Å². The molecule has 0 unspecified atom stereocenters. The Bertz CT molecular complexity index is 1070. The summed E-state index contributed by atoms with van der Waals surface area (Å²) in [6.07, 6.45) is 0. The number of benzene rings is 1. The Labute approximate surface area is 155 Å². The number of hydrogen-bond donors (Lipinski definition) is 0. The fourth-order valence-electron chi connectivity index (χ4n) is 3.23. The fraction of sp³-hybridized carbons (Fsp3) is 0.278. The maximum absolute atomic E-state index is 5.42. The third kappa shape index (κ3) is 2.86. The Morgan fingerprint density at radius 2 is 1.67 bits per heavy atom. The maximum atomic E-state index is 5.42. The third-order valence-corrected chi connectivity index (χ3v) is 4.73. The molecule has 0 aliphatic carbocycles. The van der Waals surface area contributed by atoms with Gasteiger partial charge in [0.1, 0.15) is 5.82 Å². The lowest BCUT2D eigenvalue weighted by atomic mass is 10.2. The summed E-state index contributed by atoms with van der Waals surface area (Å²) in [5.41, 5.74) is 1.69. The molecule has 0 radical (unpaired) electrons. The van der Waals surface area contributed by atoms with Gasteiger partial charge < -0.3 is 14.3 Å². The summed E-state index contributed by atoms with van der Waals surface area (Å²) in [5.74, 6) is 2.88. The normalized spacial score (nSPS) is 14.9. The summed E-state index contributed by atoms with van der Waals surface area (Å²) in [4.78, 5) is 8.92. The maximum Gasteiger partial charge on any atom is 0.266 e. The molecule has 27 heavy (non-hydrogen) atoms. The fourth-order valence-corrected chi connectivity index (χ4v) is 3.23. The Hall–Kier alpha value is -3.49. The van der Waals surface area contributed by atoms with Gasteiger partial charge in [-0.15, -0.1) is 15.3 Å². The number of anilines is 2. The molecule has 0 saturated carbocycles. The molecule has 9 nitrogen and oxygen atoms in total. The van der Waals surface area contributed by atoms with Crippen LogP contribution in [0.15, 0.2) is 47.0 Å². The second-order valence-electron chi connectivity index (χ2n) is 6.45. The molecule has 1 aliphatic rings.